The molecule has 2 fully saturated rings. The van der Waals surface area contributed by atoms with Gasteiger partial charge < -0.3 is 19.5 Å². The molecule has 164 valence electrons. The van der Waals surface area contributed by atoms with Crippen LogP contribution in [-0.4, -0.2) is 52.3 Å². The van der Waals surface area contributed by atoms with Gasteiger partial charge in [-0.2, -0.15) is 0 Å². The Morgan fingerprint density at radius 1 is 1.00 bits per heavy atom. The van der Waals surface area contributed by atoms with Crippen LogP contribution in [0.2, 0.25) is 0 Å². The number of fused-ring (bicyclic) bond motifs is 4. The quantitative estimate of drug-likeness (QED) is 0.689. The van der Waals surface area contributed by atoms with Gasteiger partial charge >= 0.3 is 0 Å². The van der Waals surface area contributed by atoms with Crippen molar-refractivity contribution in [3.8, 4) is 5.75 Å². The Morgan fingerprint density at radius 2 is 1.75 bits per heavy atom. The molecule has 0 bridgehead atoms. The van der Waals surface area contributed by atoms with Crippen LogP contribution in [0.4, 0.5) is 0 Å². The van der Waals surface area contributed by atoms with E-state index in [-0.39, 0.29) is 30.4 Å². The summed E-state index contributed by atoms with van der Waals surface area (Å²) in [7, 11) is 1.65. The van der Waals surface area contributed by atoms with E-state index in [2.05, 4.69) is 17.1 Å². The van der Waals surface area contributed by atoms with E-state index in [1.807, 2.05) is 46.2 Å². The highest BCUT2D eigenvalue weighted by atomic mass is 16.5. The Labute approximate surface area is 187 Å². The number of methoxy groups -OCH3 is 1. The minimum absolute atomic E-state index is 0.0155. The van der Waals surface area contributed by atoms with Gasteiger partial charge in [-0.1, -0.05) is 49.2 Å². The smallest absolute Gasteiger partial charge is 0.246 e. The molecule has 3 heterocycles. The molecule has 2 unspecified atom stereocenters. The minimum Gasteiger partial charge on any atom is -0.496 e. The van der Waals surface area contributed by atoms with Crippen molar-refractivity contribution >= 4 is 22.7 Å². The molecular weight excluding hydrogens is 402 g/mol. The van der Waals surface area contributed by atoms with E-state index in [4.69, 9.17) is 4.74 Å². The van der Waals surface area contributed by atoms with Crippen molar-refractivity contribution in [3.05, 3.63) is 65.4 Å². The van der Waals surface area contributed by atoms with E-state index in [0.29, 0.717) is 6.42 Å². The Bertz CT molecular complexity index is 1210. The monoisotopic (exact) mass is 429 g/mol. The standard InChI is InChI=1S/C26H27N3O3/c1-32-22-13-7-5-11-18(22)25-24-19(17-10-4-6-12-20(17)27-24)14-21-26(31)28(15-23(30)29(21)25)16-8-2-3-9-16/h4-7,10-13,16,21,25,27H,2-3,8-9,14-15H2,1H3. The third-order valence-electron chi connectivity index (χ3n) is 7.49. The topological polar surface area (TPSA) is 65.6 Å². The van der Waals surface area contributed by atoms with Crippen molar-refractivity contribution in [2.75, 3.05) is 13.7 Å². The van der Waals surface area contributed by atoms with Crippen molar-refractivity contribution < 1.29 is 14.3 Å². The Kier molecular flexibility index (Phi) is 4.49. The summed E-state index contributed by atoms with van der Waals surface area (Å²) in [5.41, 5.74) is 4.06. The molecule has 0 radical (unpaired) electrons. The number of carbonyl (C=O) groups excluding carboxylic acids is 2. The fourth-order valence-corrected chi connectivity index (χ4v) is 6.03. The zero-order valence-corrected chi connectivity index (χ0v) is 18.2. The molecule has 3 aliphatic rings. The number of hydrogen-bond acceptors (Lipinski definition) is 3. The summed E-state index contributed by atoms with van der Waals surface area (Å²) in [4.78, 5) is 34.7. The van der Waals surface area contributed by atoms with Crippen LogP contribution < -0.4 is 4.74 Å². The first-order chi connectivity index (χ1) is 15.7. The highest BCUT2D eigenvalue weighted by Gasteiger charge is 2.50. The van der Waals surface area contributed by atoms with Crippen LogP contribution in [0.15, 0.2) is 48.5 Å². The molecule has 1 saturated heterocycles. The normalized spacial score (nSPS) is 23.5. The molecule has 2 aliphatic heterocycles. The third-order valence-corrected chi connectivity index (χ3v) is 7.49. The van der Waals surface area contributed by atoms with E-state index in [0.717, 1.165) is 59.2 Å². The van der Waals surface area contributed by atoms with Crippen molar-refractivity contribution in [2.45, 2.75) is 50.2 Å². The molecule has 6 rings (SSSR count). The molecular formula is C26H27N3O3. The molecule has 3 aromatic rings. The van der Waals surface area contributed by atoms with E-state index < -0.39 is 6.04 Å². The molecule has 1 aliphatic carbocycles. The van der Waals surface area contributed by atoms with Crippen LogP contribution in [-0.2, 0) is 16.0 Å². The zero-order chi connectivity index (χ0) is 21.8. The summed E-state index contributed by atoms with van der Waals surface area (Å²) in [6.07, 6.45) is 4.81. The summed E-state index contributed by atoms with van der Waals surface area (Å²) in [5, 5.41) is 1.13. The number of carbonyl (C=O) groups is 2. The largest absolute Gasteiger partial charge is 0.496 e. The number of benzene rings is 2. The number of rotatable bonds is 3. The number of ether oxygens (including phenoxy) is 1. The minimum atomic E-state index is -0.488. The maximum absolute atomic E-state index is 13.8. The summed E-state index contributed by atoms with van der Waals surface area (Å²) in [5.74, 6) is 0.829. The zero-order valence-electron chi connectivity index (χ0n) is 18.2. The predicted octanol–water partition coefficient (Wildman–Crippen LogP) is 3.80. The lowest BCUT2D eigenvalue weighted by molar-refractivity contribution is -0.160. The van der Waals surface area contributed by atoms with Crippen LogP contribution in [0.25, 0.3) is 10.9 Å². The van der Waals surface area contributed by atoms with Gasteiger partial charge in [-0.15, -0.1) is 0 Å². The number of hydrogen-bond donors (Lipinski definition) is 1. The first-order valence-electron chi connectivity index (χ1n) is 11.5. The summed E-state index contributed by atoms with van der Waals surface area (Å²) in [6.45, 7) is 0.168. The number of piperazine rings is 1. The molecule has 2 aromatic carbocycles. The fraction of sp³-hybridized carbons (Fsp3) is 0.385. The predicted molar refractivity (Wildman–Crippen MR) is 121 cm³/mol. The molecule has 1 N–H and O–H groups in total. The maximum Gasteiger partial charge on any atom is 0.246 e. The average Bonchev–Trinajstić information content (AvgIpc) is 3.48. The fourth-order valence-electron chi connectivity index (χ4n) is 6.03. The lowest BCUT2D eigenvalue weighted by atomic mass is 9.85. The lowest BCUT2D eigenvalue weighted by Gasteiger charge is -2.48. The molecule has 6 nitrogen and oxygen atoms in total. The summed E-state index contributed by atoms with van der Waals surface area (Å²) < 4.78 is 5.68. The Morgan fingerprint density at radius 3 is 2.56 bits per heavy atom. The van der Waals surface area contributed by atoms with Gasteiger partial charge in [-0.3, -0.25) is 9.59 Å². The Balaban J connectivity index is 1.53. The van der Waals surface area contributed by atoms with Crippen LogP contribution >= 0.6 is 0 Å². The van der Waals surface area contributed by atoms with Gasteiger partial charge in [0.15, 0.2) is 0 Å². The molecule has 1 aromatic heterocycles. The van der Waals surface area contributed by atoms with Crippen molar-refractivity contribution in [1.82, 2.24) is 14.8 Å². The van der Waals surface area contributed by atoms with Crippen LogP contribution in [0.3, 0.4) is 0 Å². The second kappa shape index (κ2) is 7.40. The maximum atomic E-state index is 13.8. The number of amides is 2. The first kappa shape index (κ1) is 19.4. The van der Waals surface area contributed by atoms with Gasteiger partial charge in [0, 0.05) is 34.6 Å². The number of para-hydroxylation sites is 2. The van der Waals surface area contributed by atoms with E-state index >= 15 is 0 Å². The average molecular weight is 430 g/mol. The van der Waals surface area contributed by atoms with Crippen molar-refractivity contribution in [1.29, 1.82) is 0 Å². The number of H-pyrrole nitrogens is 1. The van der Waals surface area contributed by atoms with E-state index in [1.165, 1.54) is 0 Å². The molecule has 2 atom stereocenters. The number of nitrogens with one attached hydrogen (secondary N) is 1. The van der Waals surface area contributed by atoms with E-state index in [9.17, 15) is 9.59 Å². The lowest BCUT2D eigenvalue weighted by Crippen LogP contribution is -2.64. The number of aromatic amines is 1. The molecule has 2 amide bonds. The van der Waals surface area contributed by atoms with Gasteiger partial charge in [-0.25, -0.2) is 0 Å². The Hall–Kier alpha value is -3.28. The number of nitrogens with zero attached hydrogens (tertiary/aromatic N) is 2. The van der Waals surface area contributed by atoms with E-state index in [1.54, 1.807) is 7.11 Å². The second-order valence-corrected chi connectivity index (χ2v) is 9.13. The third kappa shape index (κ3) is 2.78. The van der Waals surface area contributed by atoms with Gasteiger partial charge in [0.1, 0.15) is 24.4 Å². The highest BCUT2D eigenvalue weighted by Crippen LogP contribution is 2.45. The summed E-state index contributed by atoms with van der Waals surface area (Å²) in [6, 6.07) is 15.3. The van der Waals surface area contributed by atoms with Crippen molar-refractivity contribution in [3.63, 3.8) is 0 Å². The number of aromatic nitrogens is 1. The molecule has 32 heavy (non-hydrogen) atoms. The van der Waals surface area contributed by atoms with Gasteiger partial charge in [0.05, 0.1) is 7.11 Å². The molecule has 0 spiro atoms. The second-order valence-electron chi connectivity index (χ2n) is 9.13. The van der Waals surface area contributed by atoms with Gasteiger partial charge in [0.2, 0.25) is 11.8 Å². The van der Waals surface area contributed by atoms with Crippen LogP contribution in [0.1, 0.15) is 48.5 Å². The summed E-state index contributed by atoms with van der Waals surface area (Å²) >= 11 is 0. The molecule has 6 heteroatoms. The van der Waals surface area contributed by atoms with Crippen LogP contribution in [0.5, 0.6) is 5.75 Å². The SMILES string of the molecule is COc1ccccc1C1c2[nH]c3ccccc3c2CC2C(=O)N(C3CCCC3)CC(=O)N21. The first-order valence-corrected chi connectivity index (χ1v) is 11.5. The van der Waals surface area contributed by atoms with Gasteiger partial charge in [0.25, 0.3) is 0 Å². The molecule has 1 saturated carbocycles. The highest BCUT2D eigenvalue weighted by molar-refractivity contribution is 5.98. The van der Waals surface area contributed by atoms with Gasteiger partial charge in [-0.05, 0) is 30.5 Å². The van der Waals surface area contributed by atoms with Crippen LogP contribution in [0, 0.1) is 0 Å². The van der Waals surface area contributed by atoms with Crippen molar-refractivity contribution in [2.24, 2.45) is 0 Å².